The summed E-state index contributed by atoms with van der Waals surface area (Å²) in [6.07, 6.45) is 7.63. The zero-order valence-corrected chi connectivity index (χ0v) is 16.3. The van der Waals surface area contributed by atoms with E-state index in [0.29, 0.717) is 23.0 Å². The molecule has 4 rings (SSSR count). The van der Waals surface area contributed by atoms with Crippen LogP contribution in [0.1, 0.15) is 42.5 Å². The summed E-state index contributed by atoms with van der Waals surface area (Å²) < 4.78 is 38.9. The van der Waals surface area contributed by atoms with Crippen molar-refractivity contribution in [3.63, 3.8) is 0 Å². The fraction of sp³-hybridized carbons (Fsp3) is 0.526. The van der Waals surface area contributed by atoms with Crippen LogP contribution in [0.15, 0.2) is 24.4 Å². The van der Waals surface area contributed by atoms with E-state index in [-0.39, 0.29) is 17.5 Å². The van der Waals surface area contributed by atoms with Crippen molar-refractivity contribution in [2.24, 2.45) is 0 Å². The lowest BCUT2D eigenvalue weighted by Crippen LogP contribution is -2.55. The molecule has 1 aromatic heterocycles. The molecule has 0 unspecified atom stereocenters. The molecule has 2 aromatic rings. The first-order valence-electron chi connectivity index (χ1n) is 9.28. The maximum atomic E-state index is 13.7. The first-order chi connectivity index (χ1) is 12.7. The minimum absolute atomic E-state index is 0.0502. The van der Waals surface area contributed by atoms with Gasteiger partial charge < -0.3 is 10.2 Å². The van der Waals surface area contributed by atoms with Crippen molar-refractivity contribution in [3.05, 3.63) is 35.8 Å². The lowest BCUT2D eigenvalue weighted by molar-refractivity contribution is 0.0463. The lowest BCUT2D eigenvalue weighted by atomic mass is 9.82. The van der Waals surface area contributed by atoms with E-state index >= 15 is 0 Å². The molecule has 0 radical (unpaired) electrons. The van der Waals surface area contributed by atoms with Crippen LogP contribution in [0.2, 0.25) is 0 Å². The van der Waals surface area contributed by atoms with Crippen molar-refractivity contribution in [3.8, 4) is 0 Å². The molecule has 2 fully saturated rings. The van der Waals surface area contributed by atoms with Gasteiger partial charge in [-0.2, -0.15) is 0 Å². The van der Waals surface area contributed by atoms with Gasteiger partial charge in [-0.15, -0.1) is 0 Å². The number of piperidine rings is 2. The number of hydrogen-bond acceptors (Lipinski definition) is 4. The fourth-order valence-corrected chi connectivity index (χ4v) is 5.44. The molecule has 1 aromatic carbocycles. The molecule has 6 nitrogen and oxygen atoms in total. The molecule has 27 heavy (non-hydrogen) atoms. The maximum Gasteiger partial charge on any atom is 0.253 e. The Balaban J connectivity index is 1.64. The number of nitrogens with zero attached hydrogens (tertiary/aromatic N) is 2. The zero-order valence-electron chi connectivity index (χ0n) is 15.5. The first-order valence-corrected chi connectivity index (χ1v) is 11.1. The molecule has 1 amide bonds. The quantitative estimate of drug-likeness (QED) is 0.869. The van der Waals surface area contributed by atoms with E-state index in [1.807, 2.05) is 0 Å². The third-order valence-corrected chi connectivity index (χ3v) is 7.03. The van der Waals surface area contributed by atoms with E-state index in [1.54, 1.807) is 0 Å². The number of fused-ring (bicyclic) bond motifs is 3. The molecule has 1 N–H and O–H groups in total. The van der Waals surface area contributed by atoms with Crippen LogP contribution in [-0.2, 0) is 10.0 Å². The standard InChI is InChI=1S/C19H24FN3O3S/c1-22-14-4-3-5-15(22)10-13(9-14)21-19(24)17-11-23(27(2,25)26)18-7-6-12(20)8-16(17)18/h6-8,11,13-15H,3-5,9-10H2,1-2H3,(H,21,24)/t13-,14+,15-. The van der Waals surface area contributed by atoms with E-state index in [9.17, 15) is 17.6 Å². The second-order valence-corrected chi connectivity index (χ2v) is 9.67. The first kappa shape index (κ1) is 18.4. The van der Waals surface area contributed by atoms with Crippen molar-refractivity contribution >= 4 is 26.8 Å². The van der Waals surface area contributed by atoms with Crippen molar-refractivity contribution in [1.29, 1.82) is 0 Å². The number of rotatable bonds is 3. The summed E-state index contributed by atoms with van der Waals surface area (Å²) in [5.41, 5.74) is 0.503. The Kier molecular flexibility index (Phi) is 4.50. The van der Waals surface area contributed by atoms with Crippen LogP contribution in [0, 0.1) is 5.82 Å². The van der Waals surface area contributed by atoms with Gasteiger partial charge in [0.15, 0.2) is 0 Å². The Bertz CT molecular complexity index is 987. The highest BCUT2D eigenvalue weighted by atomic mass is 32.2. The number of benzene rings is 1. The third kappa shape index (κ3) is 3.36. The van der Waals surface area contributed by atoms with Crippen LogP contribution < -0.4 is 5.32 Å². The second-order valence-electron chi connectivity index (χ2n) is 7.81. The molecule has 2 saturated heterocycles. The van der Waals surface area contributed by atoms with E-state index in [0.717, 1.165) is 35.9 Å². The van der Waals surface area contributed by atoms with E-state index in [4.69, 9.17) is 0 Å². The largest absolute Gasteiger partial charge is 0.349 e. The van der Waals surface area contributed by atoms with Gasteiger partial charge in [0.05, 0.1) is 17.3 Å². The van der Waals surface area contributed by atoms with Crippen LogP contribution in [0.5, 0.6) is 0 Å². The van der Waals surface area contributed by atoms with Crippen molar-refractivity contribution in [2.75, 3.05) is 13.3 Å². The Labute approximate surface area is 158 Å². The summed E-state index contributed by atoms with van der Waals surface area (Å²) in [6.45, 7) is 0. The topological polar surface area (TPSA) is 71.4 Å². The van der Waals surface area contributed by atoms with Gasteiger partial charge in [-0.05, 0) is 50.9 Å². The minimum atomic E-state index is -3.60. The van der Waals surface area contributed by atoms with Crippen LogP contribution >= 0.6 is 0 Å². The predicted molar refractivity (Wildman–Crippen MR) is 102 cm³/mol. The molecule has 0 aliphatic carbocycles. The highest BCUT2D eigenvalue weighted by Gasteiger charge is 2.36. The number of carbonyl (C=O) groups excluding carboxylic acids is 1. The smallest absolute Gasteiger partial charge is 0.253 e. The number of hydrogen-bond donors (Lipinski definition) is 1. The number of amides is 1. The Hall–Kier alpha value is -1.93. The summed E-state index contributed by atoms with van der Waals surface area (Å²) in [6, 6.07) is 4.80. The molecular weight excluding hydrogens is 369 g/mol. The van der Waals surface area contributed by atoms with Gasteiger partial charge in [-0.25, -0.2) is 16.8 Å². The van der Waals surface area contributed by atoms with Gasteiger partial charge in [0.2, 0.25) is 10.0 Å². The molecule has 2 aliphatic rings. The molecule has 8 heteroatoms. The van der Waals surface area contributed by atoms with Crippen LogP contribution in [0.4, 0.5) is 4.39 Å². The van der Waals surface area contributed by atoms with Gasteiger partial charge in [0, 0.05) is 29.7 Å². The third-order valence-electron chi connectivity index (χ3n) is 6.01. The Morgan fingerprint density at radius 2 is 1.89 bits per heavy atom. The molecule has 2 aliphatic heterocycles. The van der Waals surface area contributed by atoms with Crippen molar-refractivity contribution in [2.45, 2.75) is 50.2 Å². The van der Waals surface area contributed by atoms with Gasteiger partial charge in [-0.1, -0.05) is 6.42 Å². The predicted octanol–water partition coefficient (Wildman–Crippen LogP) is 2.33. The van der Waals surface area contributed by atoms with Crippen LogP contribution in [0.25, 0.3) is 10.9 Å². The SMILES string of the molecule is CN1[C@@H]2CCC[C@H]1C[C@@H](NC(=O)c1cn(S(C)(=O)=O)c3ccc(F)cc13)C2. The number of halogens is 1. The van der Waals surface area contributed by atoms with E-state index in [1.165, 1.54) is 30.8 Å². The normalized spacial score (nSPS) is 26.3. The lowest BCUT2D eigenvalue weighted by Gasteiger charge is -2.47. The minimum Gasteiger partial charge on any atom is -0.349 e. The monoisotopic (exact) mass is 393 g/mol. The molecular formula is C19H24FN3O3S. The van der Waals surface area contributed by atoms with Gasteiger partial charge in [0.1, 0.15) is 5.82 Å². The van der Waals surface area contributed by atoms with E-state index < -0.39 is 15.8 Å². The Morgan fingerprint density at radius 1 is 1.22 bits per heavy atom. The summed E-state index contributed by atoms with van der Waals surface area (Å²) in [4.78, 5) is 15.3. The molecule has 2 bridgehead atoms. The van der Waals surface area contributed by atoms with Crippen molar-refractivity contribution < 1.29 is 17.6 Å². The summed E-state index contributed by atoms with van der Waals surface area (Å²) in [5, 5.41) is 3.38. The van der Waals surface area contributed by atoms with Gasteiger partial charge in [-0.3, -0.25) is 4.79 Å². The van der Waals surface area contributed by atoms with Crippen LogP contribution in [0.3, 0.4) is 0 Å². The number of nitrogens with one attached hydrogen (secondary N) is 1. The molecule has 0 spiro atoms. The summed E-state index contributed by atoms with van der Waals surface area (Å²) >= 11 is 0. The summed E-state index contributed by atoms with van der Waals surface area (Å²) in [7, 11) is -1.45. The second kappa shape index (κ2) is 6.60. The number of aromatic nitrogens is 1. The molecule has 3 heterocycles. The van der Waals surface area contributed by atoms with Crippen molar-refractivity contribution in [1.82, 2.24) is 14.2 Å². The van der Waals surface area contributed by atoms with E-state index in [2.05, 4.69) is 17.3 Å². The maximum absolute atomic E-state index is 13.7. The highest BCUT2D eigenvalue weighted by Crippen LogP contribution is 2.33. The number of carbonyl (C=O) groups is 1. The average Bonchev–Trinajstić information content (AvgIpc) is 2.94. The Morgan fingerprint density at radius 3 is 2.52 bits per heavy atom. The molecule has 3 atom stereocenters. The summed E-state index contributed by atoms with van der Waals surface area (Å²) in [5.74, 6) is -0.850. The zero-order chi connectivity index (χ0) is 19.3. The molecule has 0 saturated carbocycles. The van der Waals surface area contributed by atoms with Gasteiger partial charge >= 0.3 is 0 Å². The fourth-order valence-electron chi connectivity index (χ4n) is 4.62. The van der Waals surface area contributed by atoms with Gasteiger partial charge in [0.25, 0.3) is 5.91 Å². The van der Waals surface area contributed by atoms with Crippen LogP contribution in [-0.4, -0.2) is 54.6 Å². The average molecular weight is 393 g/mol. The molecule has 146 valence electrons. The highest BCUT2D eigenvalue weighted by molar-refractivity contribution is 7.89.